The summed E-state index contributed by atoms with van der Waals surface area (Å²) < 4.78 is 20.0. The number of fused-ring (bicyclic) bond motifs is 1. The summed E-state index contributed by atoms with van der Waals surface area (Å²) >= 11 is 1.85. The Morgan fingerprint density at radius 1 is 1.27 bits per heavy atom. The molecule has 1 atom stereocenters. The van der Waals surface area contributed by atoms with Crippen LogP contribution in [0.5, 0.6) is 5.75 Å². The van der Waals surface area contributed by atoms with E-state index in [0.717, 1.165) is 24.4 Å². The molecule has 1 fully saturated rings. The highest BCUT2D eigenvalue weighted by Crippen LogP contribution is 2.40. The molecule has 0 bridgehead atoms. The molecule has 1 aliphatic heterocycles. The van der Waals surface area contributed by atoms with Crippen molar-refractivity contribution in [3.63, 3.8) is 0 Å². The Balaban J connectivity index is 1.70. The topological polar surface area (TPSA) is 25.4 Å². The maximum Gasteiger partial charge on any atom is 0.140 e. The van der Waals surface area contributed by atoms with Gasteiger partial charge in [0.05, 0.1) is 12.8 Å². The van der Waals surface area contributed by atoms with E-state index in [-0.39, 0.29) is 5.92 Å². The fraction of sp³-hybridized carbons (Fsp3) is 0.381. The van der Waals surface area contributed by atoms with E-state index in [1.807, 2.05) is 29.7 Å². The van der Waals surface area contributed by atoms with Crippen molar-refractivity contribution in [1.82, 2.24) is 9.88 Å². The van der Waals surface area contributed by atoms with Crippen molar-refractivity contribution in [2.45, 2.75) is 25.4 Å². The quantitative estimate of drug-likeness (QED) is 0.631. The molecular weight excluding hydrogens is 347 g/mol. The predicted octanol–water partition coefficient (Wildman–Crippen LogP) is 4.65. The minimum Gasteiger partial charge on any atom is -0.495 e. The number of methoxy groups -OCH3 is 1. The van der Waals surface area contributed by atoms with Crippen LogP contribution in [0.15, 0.2) is 42.6 Å². The maximum atomic E-state index is 13.1. The number of pyridine rings is 1. The molecule has 5 heteroatoms. The number of thiophene rings is 1. The maximum absolute atomic E-state index is 13.1. The van der Waals surface area contributed by atoms with Crippen molar-refractivity contribution in [2.75, 3.05) is 26.7 Å². The lowest BCUT2D eigenvalue weighted by molar-refractivity contribution is 0.0672. The first-order valence-corrected chi connectivity index (χ1v) is 9.84. The van der Waals surface area contributed by atoms with Gasteiger partial charge in [0.15, 0.2) is 0 Å². The number of hydrogen-bond donors (Lipinski definition) is 0. The van der Waals surface area contributed by atoms with Crippen LogP contribution >= 0.6 is 11.3 Å². The van der Waals surface area contributed by atoms with Crippen LogP contribution in [0.2, 0.25) is 0 Å². The van der Waals surface area contributed by atoms with Crippen LogP contribution in [0.25, 0.3) is 10.1 Å². The number of nitrogens with zero attached hydrogens (tertiary/aromatic N) is 2. The van der Waals surface area contributed by atoms with Crippen LogP contribution in [0.3, 0.4) is 0 Å². The van der Waals surface area contributed by atoms with Gasteiger partial charge < -0.3 is 4.74 Å². The highest BCUT2D eigenvalue weighted by atomic mass is 32.1. The molecule has 2 aromatic heterocycles. The zero-order valence-corrected chi connectivity index (χ0v) is 15.9. The molecule has 0 aliphatic carbocycles. The average Bonchev–Trinajstić information content (AvgIpc) is 3.02. The third-order valence-corrected chi connectivity index (χ3v) is 6.39. The molecular formula is C21H23FN2OS. The second-order valence-corrected chi connectivity index (χ2v) is 7.99. The minimum atomic E-state index is -0.645. The van der Waals surface area contributed by atoms with Crippen LogP contribution in [-0.4, -0.2) is 42.8 Å². The fourth-order valence-corrected chi connectivity index (χ4v) is 5.05. The third-order valence-electron chi connectivity index (χ3n) is 5.14. The van der Waals surface area contributed by atoms with E-state index in [9.17, 15) is 4.39 Å². The van der Waals surface area contributed by atoms with E-state index in [2.05, 4.69) is 41.1 Å². The molecule has 26 heavy (non-hydrogen) atoms. The van der Waals surface area contributed by atoms with Gasteiger partial charge in [0, 0.05) is 41.3 Å². The van der Waals surface area contributed by atoms with Gasteiger partial charge in [-0.05, 0) is 35.6 Å². The molecule has 136 valence electrons. The minimum absolute atomic E-state index is 0.141. The molecule has 0 radical (unpaired) electrons. The van der Waals surface area contributed by atoms with Crippen LogP contribution < -0.4 is 4.74 Å². The first-order valence-electron chi connectivity index (χ1n) is 9.03. The van der Waals surface area contributed by atoms with Gasteiger partial charge in [0.2, 0.25) is 0 Å². The Labute approximate surface area is 157 Å². The molecule has 1 saturated heterocycles. The van der Waals surface area contributed by atoms with Gasteiger partial charge in [-0.1, -0.05) is 25.1 Å². The highest BCUT2D eigenvalue weighted by Gasteiger charge is 2.27. The Bertz CT molecular complexity index is 904. The van der Waals surface area contributed by atoms with Crippen LogP contribution in [0.4, 0.5) is 4.39 Å². The van der Waals surface area contributed by atoms with Crippen molar-refractivity contribution in [3.8, 4) is 5.75 Å². The number of benzene rings is 1. The van der Waals surface area contributed by atoms with Crippen LogP contribution in [0.1, 0.15) is 29.0 Å². The van der Waals surface area contributed by atoms with Crippen LogP contribution in [0, 0.1) is 0 Å². The SMILES string of the molecule is COc1cccnc1C(C)c1c(CCN2CC(F)C2)sc2ccccc12. The number of aromatic nitrogens is 1. The van der Waals surface area contributed by atoms with Crippen molar-refractivity contribution in [3.05, 3.63) is 58.7 Å². The van der Waals surface area contributed by atoms with E-state index >= 15 is 0 Å². The van der Waals surface area contributed by atoms with Gasteiger partial charge in [-0.2, -0.15) is 0 Å². The van der Waals surface area contributed by atoms with Gasteiger partial charge in [-0.15, -0.1) is 11.3 Å². The van der Waals surface area contributed by atoms with Gasteiger partial charge in [0.25, 0.3) is 0 Å². The Morgan fingerprint density at radius 3 is 2.85 bits per heavy atom. The zero-order chi connectivity index (χ0) is 18.1. The van der Waals surface area contributed by atoms with Gasteiger partial charge in [0.1, 0.15) is 11.9 Å². The molecule has 0 N–H and O–H groups in total. The summed E-state index contributed by atoms with van der Waals surface area (Å²) in [5.74, 6) is 0.965. The smallest absolute Gasteiger partial charge is 0.140 e. The Morgan fingerprint density at radius 2 is 2.08 bits per heavy atom. The average molecular weight is 370 g/mol. The third kappa shape index (κ3) is 3.21. The summed E-state index contributed by atoms with van der Waals surface area (Å²) in [7, 11) is 1.69. The van der Waals surface area contributed by atoms with Crippen LogP contribution in [-0.2, 0) is 6.42 Å². The molecule has 0 amide bonds. The lowest BCUT2D eigenvalue weighted by Gasteiger charge is -2.34. The normalized spacial score (nSPS) is 16.6. The number of ether oxygens (including phenoxy) is 1. The summed E-state index contributed by atoms with van der Waals surface area (Å²) in [6.45, 7) is 4.25. The standard InChI is InChI=1S/C21H23FN2OS/c1-14(21-17(25-2)7-5-10-23-21)20-16-6-3-4-8-18(16)26-19(20)9-11-24-12-15(22)13-24/h3-8,10,14-15H,9,11-13H2,1-2H3. The van der Waals surface area contributed by atoms with E-state index in [1.165, 1.54) is 20.5 Å². The molecule has 1 aromatic carbocycles. The summed E-state index contributed by atoms with van der Waals surface area (Å²) in [5.41, 5.74) is 2.30. The highest BCUT2D eigenvalue weighted by molar-refractivity contribution is 7.19. The van der Waals surface area contributed by atoms with Gasteiger partial charge in [-0.3, -0.25) is 9.88 Å². The monoisotopic (exact) mass is 370 g/mol. The molecule has 0 saturated carbocycles. The molecule has 1 aliphatic rings. The van der Waals surface area contributed by atoms with Gasteiger partial charge >= 0.3 is 0 Å². The second-order valence-electron chi connectivity index (χ2n) is 6.85. The molecule has 4 rings (SSSR count). The lowest BCUT2D eigenvalue weighted by Crippen LogP contribution is -2.48. The number of hydrogen-bond acceptors (Lipinski definition) is 4. The molecule has 3 aromatic rings. The van der Waals surface area contributed by atoms with E-state index < -0.39 is 6.17 Å². The largest absolute Gasteiger partial charge is 0.495 e. The molecule has 1 unspecified atom stereocenters. The number of likely N-dealkylation sites (tertiary alicyclic amines) is 1. The number of alkyl halides is 1. The van der Waals surface area contributed by atoms with Crippen molar-refractivity contribution in [1.29, 1.82) is 0 Å². The second kappa shape index (κ2) is 7.33. The summed E-state index contributed by atoms with van der Waals surface area (Å²) in [4.78, 5) is 8.16. The zero-order valence-electron chi connectivity index (χ0n) is 15.1. The molecule has 3 heterocycles. The summed E-state index contributed by atoms with van der Waals surface area (Å²) in [6.07, 6.45) is 2.12. The fourth-order valence-electron chi connectivity index (χ4n) is 3.76. The number of rotatable bonds is 6. The first kappa shape index (κ1) is 17.4. The Kier molecular flexibility index (Phi) is 4.92. The van der Waals surface area contributed by atoms with Gasteiger partial charge in [-0.25, -0.2) is 4.39 Å². The predicted molar refractivity (Wildman–Crippen MR) is 105 cm³/mol. The summed E-state index contributed by atoms with van der Waals surface area (Å²) in [5, 5.41) is 1.29. The molecule has 0 spiro atoms. The summed E-state index contributed by atoms with van der Waals surface area (Å²) in [6, 6.07) is 12.4. The van der Waals surface area contributed by atoms with Crippen molar-refractivity contribution >= 4 is 21.4 Å². The van der Waals surface area contributed by atoms with E-state index in [1.54, 1.807) is 7.11 Å². The number of halogens is 1. The van der Waals surface area contributed by atoms with Crippen molar-refractivity contribution < 1.29 is 9.13 Å². The Hall–Kier alpha value is -1.98. The first-order chi connectivity index (χ1) is 12.7. The molecule has 3 nitrogen and oxygen atoms in total. The van der Waals surface area contributed by atoms with E-state index in [0.29, 0.717) is 13.1 Å². The van der Waals surface area contributed by atoms with Crippen molar-refractivity contribution in [2.24, 2.45) is 0 Å². The van der Waals surface area contributed by atoms with E-state index in [4.69, 9.17) is 4.74 Å². The lowest BCUT2D eigenvalue weighted by atomic mass is 9.92.